The van der Waals surface area contributed by atoms with Crippen LogP contribution in [0.5, 0.6) is 0 Å². The second-order valence-corrected chi connectivity index (χ2v) is 7.79. The van der Waals surface area contributed by atoms with Crippen LogP contribution in [-0.2, 0) is 14.3 Å². The van der Waals surface area contributed by atoms with Crippen molar-refractivity contribution in [2.24, 2.45) is 41.4 Å². The van der Waals surface area contributed by atoms with Crippen LogP contribution in [0.1, 0.15) is 40.0 Å². The molecule has 8 unspecified atom stereocenters. The Morgan fingerprint density at radius 2 is 1.76 bits per heavy atom. The molecule has 0 saturated heterocycles. The van der Waals surface area contributed by atoms with Gasteiger partial charge in [0.15, 0.2) is 6.29 Å². The first-order chi connectivity index (χ1) is 10.0. The molecule has 0 spiro atoms. The SMILES string of the molecule is CC(C)OC(C)OC(=O)C1CC2CC1C1C3C=CC(C3)C21. The van der Waals surface area contributed by atoms with Crippen LogP contribution < -0.4 is 0 Å². The number of rotatable bonds is 4. The smallest absolute Gasteiger partial charge is 0.311 e. The molecule has 0 heterocycles. The quantitative estimate of drug-likeness (QED) is 0.344. The predicted octanol–water partition coefficient (Wildman–Crippen LogP) is 3.39. The fraction of sp³-hybridized carbons (Fsp3) is 0.833. The van der Waals surface area contributed by atoms with Gasteiger partial charge in [-0.05, 0) is 75.5 Å². The second kappa shape index (κ2) is 4.84. The highest BCUT2D eigenvalue weighted by molar-refractivity contribution is 5.73. The van der Waals surface area contributed by atoms with Crippen LogP contribution in [0.25, 0.3) is 0 Å². The fourth-order valence-electron chi connectivity index (χ4n) is 5.95. The molecular weight excluding hydrogens is 264 g/mol. The molecule has 4 rings (SSSR count). The summed E-state index contributed by atoms with van der Waals surface area (Å²) in [6.45, 7) is 5.76. The summed E-state index contributed by atoms with van der Waals surface area (Å²) in [6.07, 6.45) is 8.17. The highest BCUT2D eigenvalue weighted by atomic mass is 16.7. The Labute approximate surface area is 127 Å². The largest absolute Gasteiger partial charge is 0.436 e. The van der Waals surface area contributed by atoms with Crippen molar-refractivity contribution in [1.82, 2.24) is 0 Å². The zero-order valence-electron chi connectivity index (χ0n) is 13.2. The van der Waals surface area contributed by atoms with Crippen LogP contribution in [0.3, 0.4) is 0 Å². The van der Waals surface area contributed by atoms with Crippen molar-refractivity contribution in [2.45, 2.75) is 52.4 Å². The molecule has 0 aromatic carbocycles. The number of carbonyl (C=O) groups is 1. The number of allylic oxidation sites excluding steroid dienone is 2. The maximum atomic E-state index is 12.5. The molecule has 0 aromatic heterocycles. The number of esters is 1. The lowest BCUT2D eigenvalue weighted by Crippen LogP contribution is -2.36. The van der Waals surface area contributed by atoms with E-state index in [1.807, 2.05) is 20.8 Å². The fourth-order valence-corrected chi connectivity index (χ4v) is 5.95. The summed E-state index contributed by atoms with van der Waals surface area (Å²) in [5.41, 5.74) is 0. The van der Waals surface area contributed by atoms with Gasteiger partial charge in [0.1, 0.15) is 0 Å². The molecule has 21 heavy (non-hydrogen) atoms. The van der Waals surface area contributed by atoms with Gasteiger partial charge in [-0.15, -0.1) is 0 Å². The Balaban J connectivity index is 1.42. The second-order valence-electron chi connectivity index (χ2n) is 7.79. The predicted molar refractivity (Wildman–Crippen MR) is 79.2 cm³/mol. The third kappa shape index (κ3) is 2.08. The molecule has 3 saturated carbocycles. The first-order valence-electron chi connectivity index (χ1n) is 8.59. The minimum Gasteiger partial charge on any atom is -0.436 e. The van der Waals surface area contributed by atoms with Crippen molar-refractivity contribution in [3.05, 3.63) is 12.2 Å². The van der Waals surface area contributed by atoms with E-state index in [9.17, 15) is 4.79 Å². The summed E-state index contributed by atoms with van der Waals surface area (Å²) in [5.74, 6) is 4.64. The number of fused-ring (bicyclic) bond motifs is 9. The van der Waals surface area contributed by atoms with E-state index >= 15 is 0 Å². The van der Waals surface area contributed by atoms with Crippen LogP contribution in [0.4, 0.5) is 0 Å². The van der Waals surface area contributed by atoms with Gasteiger partial charge in [0.2, 0.25) is 0 Å². The molecule has 4 bridgehead atoms. The number of carbonyl (C=O) groups excluding carboxylic acids is 1. The molecule has 0 amide bonds. The normalized spacial score (nSPS) is 47.1. The Morgan fingerprint density at radius 1 is 1.05 bits per heavy atom. The van der Waals surface area contributed by atoms with Gasteiger partial charge in [-0.25, -0.2) is 0 Å². The van der Waals surface area contributed by atoms with Gasteiger partial charge in [0.05, 0.1) is 12.0 Å². The van der Waals surface area contributed by atoms with E-state index in [1.165, 1.54) is 12.8 Å². The molecular formula is C18H26O3. The Hall–Kier alpha value is -0.830. The van der Waals surface area contributed by atoms with E-state index in [0.717, 1.165) is 36.0 Å². The van der Waals surface area contributed by atoms with E-state index in [4.69, 9.17) is 9.47 Å². The van der Waals surface area contributed by atoms with Crippen molar-refractivity contribution in [3.8, 4) is 0 Å². The highest BCUT2D eigenvalue weighted by Crippen LogP contribution is 2.67. The van der Waals surface area contributed by atoms with Crippen molar-refractivity contribution in [3.63, 3.8) is 0 Å². The van der Waals surface area contributed by atoms with E-state index in [2.05, 4.69) is 12.2 Å². The molecule has 8 atom stereocenters. The average molecular weight is 290 g/mol. The molecule has 0 radical (unpaired) electrons. The lowest BCUT2D eigenvalue weighted by molar-refractivity contribution is -0.188. The Bertz CT molecular complexity index is 469. The summed E-state index contributed by atoms with van der Waals surface area (Å²) in [4.78, 5) is 12.5. The lowest BCUT2D eigenvalue weighted by atomic mass is 9.69. The van der Waals surface area contributed by atoms with E-state index in [-0.39, 0.29) is 18.0 Å². The van der Waals surface area contributed by atoms with Gasteiger partial charge in [0, 0.05) is 0 Å². The molecule has 116 valence electrons. The molecule has 4 aliphatic carbocycles. The van der Waals surface area contributed by atoms with E-state index in [1.54, 1.807) is 0 Å². The zero-order valence-corrected chi connectivity index (χ0v) is 13.2. The van der Waals surface area contributed by atoms with Crippen molar-refractivity contribution in [2.75, 3.05) is 0 Å². The van der Waals surface area contributed by atoms with E-state index < -0.39 is 6.29 Å². The molecule has 0 N–H and O–H groups in total. The molecule has 3 heteroatoms. The van der Waals surface area contributed by atoms with Crippen LogP contribution in [0.2, 0.25) is 0 Å². The topological polar surface area (TPSA) is 35.5 Å². The van der Waals surface area contributed by atoms with Gasteiger partial charge in [-0.3, -0.25) is 4.79 Å². The first-order valence-corrected chi connectivity index (χ1v) is 8.59. The van der Waals surface area contributed by atoms with Crippen LogP contribution in [0, 0.1) is 41.4 Å². The minimum absolute atomic E-state index is 0.0131. The van der Waals surface area contributed by atoms with Gasteiger partial charge < -0.3 is 9.47 Å². The maximum absolute atomic E-state index is 12.5. The zero-order chi connectivity index (χ0) is 14.7. The Kier molecular flexibility index (Phi) is 3.18. The monoisotopic (exact) mass is 290 g/mol. The van der Waals surface area contributed by atoms with Gasteiger partial charge >= 0.3 is 5.97 Å². The van der Waals surface area contributed by atoms with Gasteiger partial charge in [0.25, 0.3) is 0 Å². The van der Waals surface area contributed by atoms with Crippen LogP contribution in [0.15, 0.2) is 12.2 Å². The standard InChI is InChI=1S/C18H26O3/c1-9(2)20-10(3)21-18(19)15-8-13-7-14(15)17-12-5-4-11(6-12)16(13)17/h4-5,9-17H,6-8H2,1-3H3. The first kappa shape index (κ1) is 13.8. The summed E-state index contributed by atoms with van der Waals surface area (Å²) >= 11 is 0. The van der Waals surface area contributed by atoms with Gasteiger partial charge in [-0.2, -0.15) is 0 Å². The van der Waals surface area contributed by atoms with Crippen LogP contribution >= 0.6 is 0 Å². The average Bonchev–Trinajstić information content (AvgIpc) is 3.15. The third-order valence-electron chi connectivity index (χ3n) is 6.32. The van der Waals surface area contributed by atoms with Crippen molar-refractivity contribution in [1.29, 1.82) is 0 Å². The van der Waals surface area contributed by atoms with Gasteiger partial charge in [-0.1, -0.05) is 12.2 Å². The summed E-state index contributed by atoms with van der Waals surface area (Å²) in [6, 6.07) is 0. The molecule has 0 aromatic rings. The summed E-state index contributed by atoms with van der Waals surface area (Å²) in [7, 11) is 0. The van der Waals surface area contributed by atoms with E-state index in [0.29, 0.717) is 5.92 Å². The summed E-state index contributed by atoms with van der Waals surface area (Å²) < 4.78 is 11.1. The lowest BCUT2D eigenvalue weighted by Gasteiger charge is -2.36. The number of hydrogen-bond donors (Lipinski definition) is 0. The van der Waals surface area contributed by atoms with Crippen molar-refractivity contribution < 1.29 is 14.3 Å². The molecule has 4 aliphatic rings. The maximum Gasteiger partial charge on any atom is 0.311 e. The third-order valence-corrected chi connectivity index (χ3v) is 6.32. The summed E-state index contributed by atoms with van der Waals surface area (Å²) in [5, 5.41) is 0. The molecule has 0 aliphatic heterocycles. The molecule has 3 fully saturated rings. The van der Waals surface area contributed by atoms with Crippen molar-refractivity contribution >= 4 is 5.97 Å². The number of ether oxygens (including phenoxy) is 2. The Morgan fingerprint density at radius 3 is 2.48 bits per heavy atom. The van der Waals surface area contributed by atoms with Crippen LogP contribution in [-0.4, -0.2) is 18.4 Å². The molecule has 3 nitrogen and oxygen atoms in total. The highest BCUT2D eigenvalue weighted by Gasteiger charge is 2.62. The number of hydrogen-bond acceptors (Lipinski definition) is 3. The minimum atomic E-state index is -0.424.